The van der Waals surface area contributed by atoms with Crippen molar-refractivity contribution < 1.29 is 13.9 Å². The molecule has 0 aliphatic carbocycles. The fourth-order valence-electron chi connectivity index (χ4n) is 3.60. The van der Waals surface area contributed by atoms with Crippen molar-refractivity contribution in [1.29, 1.82) is 0 Å². The Morgan fingerprint density at radius 1 is 1.14 bits per heavy atom. The van der Waals surface area contributed by atoms with Crippen molar-refractivity contribution in [3.05, 3.63) is 65.0 Å². The summed E-state index contributed by atoms with van der Waals surface area (Å²) < 4.78 is 25.7. The second-order valence-electron chi connectivity index (χ2n) is 7.39. The number of aliphatic imine (C=N–C) groups is 1. The van der Waals surface area contributed by atoms with Gasteiger partial charge >= 0.3 is 0 Å². The van der Waals surface area contributed by atoms with Crippen molar-refractivity contribution in [2.75, 3.05) is 32.9 Å². The fourth-order valence-corrected chi connectivity index (χ4v) is 3.60. The van der Waals surface area contributed by atoms with Gasteiger partial charge in [0.15, 0.2) is 0 Å². The molecule has 6 heteroatoms. The van der Waals surface area contributed by atoms with Gasteiger partial charge in [-0.1, -0.05) is 30.3 Å². The van der Waals surface area contributed by atoms with Gasteiger partial charge in [-0.25, -0.2) is 10.2 Å². The third kappa shape index (κ3) is 4.51. The molecule has 2 N–H and O–H groups in total. The van der Waals surface area contributed by atoms with E-state index in [9.17, 15) is 4.39 Å². The van der Waals surface area contributed by atoms with Crippen LogP contribution in [0.25, 0.3) is 0 Å². The van der Waals surface area contributed by atoms with Crippen molar-refractivity contribution in [3.63, 3.8) is 0 Å². The number of nitrogens with two attached hydrogens (primary N) is 1. The summed E-state index contributed by atoms with van der Waals surface area (Å²) in [6.07, 6.45) is 2.54. The molecular weight excluding hydrogens is 357 g/mol. The van der Waals surface area contributed by atoms with Crippen LogP contribution < -0.4 is 10.6 Å². The zero-order valence-electron chi connectivity index (χ0n) is 15.9. The quantitative estimate of drug-likeness (QED) is 0.779. The van der Waals surface area contributed by atoms with Crippen molar-refractivity contribution in [2.24, 2.45) is 16.8 Å². The number of rotatable bonds is 6. The van der Waals surface area contributed by atoms with Gasteiger partial charge in [0, 0.05) is 31.3 Å². The molecule has 2 aromatic carbocycles. The van der Waals surface area contributed by atoms with Gasteiger partial charge < -0.3 is 9.47 Å². The fraction of sp³-hybridized carbons (Fsp3) is 0.409. The summed E-state index contributed by atoms with van der Waals surface area (Å²) in [6.45, 7) is 3.66. The van der Waals surface area contributed by atoms with Gasteiger partial charge in [-0.05, 0) is 36.0 Å². The minimum atomic E-state index is -0.234. The van der Waals surface area contributed by atoms with Crippen LogP contribution in [0.5, 0.6) is 5.75 Å². The number of benzene rings is 2. The second-order valence-corrected chi connectivity index (χ2v) is 7.39. The normalized spacial score (nSPS) is 17.6. The standard InChI is InChI=1S/C22H26FN3O2/c23-21-14-20(28-15-17-7-11-27-12-8-17)6-5-19(21)13-16-1-3-18(4-2-16)22-25-9-10-26(22)24/h1-6,14,17H,7-13,15,24H2. The van der Waals surface area contributed by atoms with E-state index < -0.39 is 0 Å². The Balaban J connectivity index is 1.36. The average molecular weight is 383 g/mol. The molecule has 2 aliphatic heterocycles. The van der Waals surface area contributed by atoms with Gasteiger partial charge in [0.05, 0.1) is 19.7 Å². The zero-order chi connectivity index (χ0) is 19.3. The molecule has 0 atom stereocenters. The Kier molecular flexibility index (Phi) is 5.88. The summed E-state index contributed by atoms with van der Waals surface area (Å²) in [5.74, 6) is 7.57. The van der Waals surface area contributed by atoms with Gasteiger partial charge in [0.1, 0.15) is 17.4 Å². The molecule has 0 amide bonds. The predicted molar refractivity (Wildman–Crippen MR) is 107 cm³/mol. The topological polar surface area (TPSA) is 60.1 Å². The first-order chi connectivity index (χ1) is 13.7. The van der Waals surface area contributed by atoms with Crippen LogP contribution >= 0.6 is 0 Å². The second kappa shape index (κ2) is 8.71. The maximum Gasteiger partial charge on any atom is 0.145 e. The summed E-state index contributed by atoms with van der Waals surface area (Å²) in [5, 5.41) is 1.66. The van der Waals surface area contributed by atoms with Crippen molar-refractivity contribution >= 4 is 5.84 Å². The first-order valence-corrected chi connectivity index (χ1v) is 9.84. The Morgan fingerprint density at radius 3 is 2.61 bits per heavy atom. The molecular formula is C22H26FN3O2. The Labute approximate surface area is 164 Å². The lowest BCUT2D eigenvalue weighted by Crippen LogP contribution is -2.34. The number of hydrazine groups is 1. The van der Waals surface area contributed by atoms with Crippen LogP contribution in [0.2, 0.25) is 0 Å². The molecule has 2 heterocycles. The third-order valence-electron chi connectivity index (χ3n) is 5.33. The molecule has 0 unspecified atom stereocenters. The molecule has 2 aromatic rings. The van der Waals surface area contributed by atoms with Gasteiger partial charge in [-0.15, -0.1) is 0 Å². The molecule has 0 saturated carbocycles. The van der Waals surface area contributed by atoms with Crippen molar-refractivity contribution in [2.45, 2.75) is 19.3 Å². The van der Waals surface area contributed by atoms with E-state index in [-0.39, 0.29) is 5.82 Å². The molecule has 28 heavy (non-hydrogen) atoms. The van der Waals surface area contributed by atoms with E-state index in [2.05, 4.69) is 4.99 Å². The molecule has 0 radical (unpaired) electrons. The van der Waals surface area contributed by atoms with E-state index in [1.54, 1.807) is 5.01 Å². The molecule has 2 aliphatic rings. The highest BCUT2D eigenvalue weighted by molar-refractivity contribution is 5.99. The molecule has 5 nitrogen and oxygen atoms in total. The summed E-state index contributed by atoms with van der Waals surface area (Å²) >= 11 is 0. The van der Waals surface area contributed by atoms with Gasteiger partial charge in [0.2, 0.25) is 0 Å². The summed E-state index contributed by atoms with van der Waals surface area (Å²) in [7, 11) is 0. The molecule has 1 fully saturated rings. The first kappa shape index (κ1) is 18.9. The van der Waals surface area contributed by atoms with Crippen LogP contribution in [0, 0.1) is 11.7 Å². The summed E-state index contributed by atoms with van der Waals surface area (Å²) in [4.78, 5) is 4.41. The van der Waals surface area contributed by atoms with Crippen LogP contribution in [0.3, 0.4) is 0 Å². The minimum absolute atomic E-state index is 0.234. The van der Waals surface area contributed by atoms with E-state index in [1.165, 1.54) is 6.07 Å². The Bertz CT molecular complexity index is 832. The number of ether oxygens (including phenoxy) is 2. The van der Waals surface area contributed by atoms with Crippen LogP contribution in [0.1, 0.15) is 29.5 Å². The SMILES string of the molecule is NN1CCN=C1c1ccc(Cc2ccc(OCC3CCOCC3)cc2F)cc1. The van der Waals surface area contributed by atoms with Gasteiger partial charge in [-0.3, -0.25) is 10.0 Å². The lowest BCUT2D eigenvalue weighted by Gasteiger charge is -2.22. The lowest BCUT2D eigenvalue weighted by atomic mass is 10.0. The molecule has 4 rings (SSSR count). The van der Waals surface area contributed by atoms with Crippen molar-refractivity contribution in [3.8, 4) is 5.75 Å². The largest absolute Gasteiger partial charge is 0.493 e. The molecule has 0 spiro atoms. The maximum absolute atomic E-state index is 14.5. The van der Waals surface area contributed by atoms with Crippen LogP contribution in [-0.4, -0.2) is 43.8 Å². The van der Waals surface area contributed by atoms with Crippen LogP contribution in [0.15, 0.2) is 47.5 Å². The van der Waals surface area contributed by atoms with E-state index in [0.29, 0.717) is 30.3 Å². The highest BCUT2D eigenvalue weighted by Gasteiger charge is 2.16. The molecule has 148 valence electrons. The Hall–Kier alpha value is -2.44. The molecule has 0 bridgehead atoms. The van der Waals surface area contributed by atoms with E-state index in [4.69, 9.17) is 15.3 Å². The smallest absolute Gasteiger partial charge is 0.145 e. The highest BCUT2D eigenvalue weighted by Crippen LogP contribution is 2.22. The van der Waals surface area contributed by atoms with Crippen LogP contribution in [-0.2, 0) is 11.2 Å². The van der Waals surface area contributed by atoms with Gasteiger partial charge in [-0.2, -0.15) is 0 Å². The number of hydrogen-bond acceptors (Lipinski definition) is 5. The minimum Gasteiger partial charge on any atom is -0.493 e. The third-order valence-corrected chi connectivity index (χ3v) is 5.33. The summed E-state index contributed by atoms with van der Waals surface area (Å²) in [5.41, 5.74) is 2.69. The van der Waals surface area contributed by atoms with E-state index in [1.807, 2.05) is 36.4 Å². The highest BCUT2D eigenvalue weighted by atomic mass is 19.1. The van der Waals surface area contributed by atoms with E-state index in [0.717, 1.165) is 56.1 Å². The van der Waals surface area contributed by atoms with Crippen molar-refractivity contribution in [1.82, 2.24) is 5.01 Å². The maximum atomic E-state index is 14.5. The van der Waals surface area contributed by atoms with E-state index >= 15 is 0 Å². The summed E-state index contributed by atoms with van der Waals surface area (Å²) in [6, 6.07) is 13.1. The van der Waals surface area contributed by atoms with Crippen LogP contribution in [0.4, 0.5) is 4.39 Å². The van der Waals surface area contributed by atoms with Gasteiger partial charge in [0.25, 0.3) is 0 Å². The lowest BCUT2D eigenvalue weighted by molar-refractivity contribution is 0.0497. The molecule has 0 aromatic heterocycles. The Morgan fingerprint density at radius 2 is 1.93 bits per heavy atom. The monoisotopic (exact) mass is 383 g/mol. The predicted octanol–water partition coefficient (Wildman–Crippen LogP) is 3.16. The number of halogens is 1. The number of amidine groups is 1. The first-order valence-electron chi connectivity index (χ1n) is 9.84. The number of nitrogens with zero attached hydrogens (tertiary/aromatic N) is 2. The average Bonchev–Trinajstić information content (AvgIpc) is 3.15. The molecule has 1 saturated heterocycles. The number of hydrogen-bond donors (Lipinski definition) is 1. The zero-order valence-corrected chi connectivity index (χ0v) is 15.9.